The summed E-state index contributed by atoms with van der Waals surface area (Å²) in [6.45, 7) is 1.98. The highest BCUT2D eigenvalue weighted by molar-refractivity contribution is 7.89. The number of nitrogens with zero attached hydrogens (tertiary/aromatic N) is 1. The number of oxazole rings is 1. The number of benzene rings is 2. The number of hydrogen-bond donors (Lipinski definition) is 1. The SMILES string of the molecule is Cc1nc2ccc(CNS(=O)(=O)c3ccccc3)cc2o1. The van der Waals surface area contributed by atoms with Gasteiger partial charge in [0.1, 0.15) is 5.52 Å². The molecule has 6 heteroatoms. The molecule has 0 aliphatic carbocycles. The summed E-state index contributed by atoms with van der Waals surface area (Å²) >= 11 is 0. The smallest absolute Gasteiger partial charge is 0.240 e. The van der Waals surface area contributed by atoms with Gasteiger partial charge in [0.25, 0.3) is 0 Å². The van der Waals surface area contributed by atoms with Gasteiger partial charge < -0.3 is 4.42 Å². The molecule has 0 saturated carbocycles. The Morgan fingerprint density at radius 3 is 2.67 bits per heavy atom. The van der Waals surface area contributed by atoms with Gasteiger partial charge in [0, 0.05) is 13.5 Å². The highest BCUT2D eigenvalue weighted by Crippen LogP contribution is 2.17. The Hall–Kier alpha value is -2.18. The monoisotopic (exact) mass is 302 g/mol. The van der Waals surface area contributed by atoms with Crippen LogP contribution in [0.1, 0.15) is 11.5 Å². The van der Waals surface area contributed by atoms with Gasteiger partial charge in [-0.25, -0.2) is 18.1 Å². The van der Waals surface area contributed by atoms with Gasteiger partial charge in [0.2, 0.25) is 10.0 Å². The van der Waals surface area contributed by atoms with E-state index in [9.17, 15) is 8.42 Å². The van der Waals surface area contributed by atoms with E-state index in [1.54, 1.807) is 43.3 Å². The molecule has 0 saturated heterocycles. The molecule has 0 atom stereocenters. The first-order chi connectivity index (χ1) is 10.0. The first-order valence-corrected chi connectivity index (χ1v) is 7.94. The minimum absolute atomic E-state index is 0.201. The van der Waals surface area contributed by atoms with Crippen LogP contribution in [-0.4, -0.2) is 13.4 Å². The van der Waals surface area contributed by atoms with E-state index in [-0.39, 0.29) is 11.4 Å². The Kier molecular flexibility index (Phi) is 3.48. The molecule has 3 rings (SSSR count). The molecular formula is C15H14N2O3S. The fourth-order valence-corrected chi connectivity index (χ4v) is 3.09. The van der Waals surface area contributed by atoms with Crippen LogP contribution in [0.3, 0.4) is 0 Å². The molecule has 0 spiro atoms. The minimum atomic E-state index is -3.50. The third-order valence-corrected chi connectivity index (χ3v) is 4.50. The molecule has 0 fully saturated rings. The van der Waals surface area contributed by atoms with Crippen molar-refractivity contribution in [2.75, 3.05) is 0 Å². The van der Waals surface area contributed by atoms with Gasteiger partial charge in [0.05, 0.1) is 4.90 Å². The van der Waals surface area contributed by atoms with E-state index in [1.165, 1.54) is 0 Å². The predicted molar refractivity (Wildman–Crippen MR) is 79.2 cm³/mol. The van der Waals surface area contributed by atoms with Gasteiger partial charge in [0.15, 0.2) is 11.5 Å². The Bertz CT molecular complexity index is 870. The molecule has 0 aliphatic heterocycles. The van der Waals surface area contributed by atoms with Crippen molar-refractivity contribution in [1.29, 1.82) is 0 Å². The summed E-state index contributed by atoms with van der Waals surface area (Å²) in [4.78, 5) is 4.46. The molecule has 0 unspecified atom stereocenters. The van der Waals surface area contributed by atoms with Crippen LogP contribution in [0.25, 0.3) is 11.1 Å². The van der Waals surface area contributed by atoms with E-state index in [4.69, 9.17) is 4.42 Å². The van der Waals surface area contributed by atoms with Crippen molar-refractivity contribution in [1.82, 2.24) is 9.71 Å². The fraction of sp³-hybridized carbons (Fsp3) is 0.133. The molecule has 0 radical (unpaired) electrons. The zero-order valence-corrected chi connectivity index (χ0v) is 12.2. The van der Waals surface area contributed by atoms with Crippen molar-refractivity contribution in [3.05, 3.63) is 60.0 Å². The maximum Gasteiger partial charge on any atom is 0.240 e. The van der Waals surface area contributed by atoms with Gasteiger partial charge in [-0.1, -0.05) is 24.3 Å². The van der Waals surface area contributed by atoms with Crippen molar-refractivity contribution in [3.63, 3.8) is 0 Å². The van der Waals surface area contributed by atoms with Crippen LogP contribution in [0.15, 0.2) is 57.8 Å². The largest absolute Gasteiger partial charge is 0.441 e. The second-order valence-corrected chi connectivity index (χ2v) is 6.44. The standard InChI is InChI=1S/C15H14N2O3S/c1-11-17-14-8-7-12(9-15(14)20-11)10-16-21(18,19)13-5-3-2-4-6-13/h2-9,16H,10H2,1H3. The van der Waals surface area contributed by atoms with E-state index in [0.717, 1.165) is 11.1 Å². The lowest BCUT2D eigenvalue weighted by molar-refractivity contribution is 0.560. The number of hydrogen-bond acceptors (Lipinski definition) is 4. The summed E-state index contributed by atoms with van der Waals surface area (Å²) in [6, 6.07) is 13.7. The number of nitrogens with one attached hydrogen (secondary N) is 1. The van der Waals surface area contributed by atoms with E-state index in [2.05, 4.69) is 9.71 Å². The third-order valence-electron chi connectivity index (χ3n) is 3.08. The van der Waals surface area contributed by atoms with Crippen LogP contribution in [-0.2, 0) is 16.6 Å². The number of aromatic nitrogens is 1. The Morgan fingerprint density at radius 1 is 1.14 bits per heavy atom. The molecule has 108 valence electrons. The molecule has 1 N–H and O–H groups in total. The van der Waals surface area contributed by atoms with Crippen LogP contribution in [0, 0.1) is 6.92 Å². The van der Waals surface area contributed by atoms with Gasteiger partial charge in [-0.2, -0.15) is 0 Å². The Morgan fingerprint density at radius 2 is 1.90 bits per heavy atom. The second kappa shape index (κ2) is 5.31. The summed E-state index contributed by atoms with van der Waals surface area (Å²) in [5, 5.41) is 0. The quantitative estimate of drug-likeness (QED) is 0.804. The summed E-state index contributed by atoms with van der Waals surface area (Å²) < 4.78 is 32.3. The predicted octanol–water partition coefficient (Wildman–Crippen LogP) is 2.61. The summed E-state index contributed by atoms with van der Waals surface area (Å²) in [7, 11) is -3.50. The zero-order valence-electron chi connectivity index (χ0n) is 11.4. The normalized spacial score (nSPS) is 11.9. The summed E-state index contributed by atoms with van der Waals surface area (Å²) in [5.74, 6) is 0.590. The zero-order chi connectivity index (χ0) is 14.9. The fourth-order valence-electron chi connectivity index (χ4n) is 2.06. The minimum Gasteiger partial charge on any atom is -0.441 e. The number of rotatable bonds is 4. The van der Waals surface area contributed by atoms with E-state index >= 15 is 0 Å². The van der Waals surface area contributed by atoms with Crippen LogP contribution < -0.4 is 4.72 Å². The first-order valence-electron chi connectivity index (χ1n) is 6.45. The average Bonchev–Trinajstić information content (AvgIpc) is 2.85. The first kappa shape index (κ1) is 13.8. The molecule has 1 aromatic heterocycles. The molecule has 0 bridgehead atoms. The van der Waals surface area contributed by atoms with Gasteiger partial charge in [-0.15, -0.1) is 0 Å². The van der Waals surface area contributed by atoms with Crippen molar-refractivity contribution < 1.29 is 12.8 Å². The number of fused-ring (bicyclic) bond motifs is 1. The van der Waals surface area contributed by atoms with E-state index in [0.29, 0.717) is 11.5 Å². The molecule has 21 heavy (non-hydrogen) atoms. The van der Waals surface area contributed by atoms with Crippen molar-refractivity contribution in [2.45, 2.75) is 18.4 Å². The molecule has 5 nitrogen and oxygen atoms in total. The lowest BCUT2D eigenvalue weighted by Crippen LogP contribution is -2.23. The molecular weight excluding hydrogens is 288 g/mol. The lowest BCUT2D eigenvalue weighted by atomic mass is 10.2. The number of sulfonamides is 1. The maximum atomic E-state index is 12.1. The highest BCUT2D eigenvalue weighted by Gasteiger charge is 2.13. The Balaban J connectivity index is 1.80. The van der Waals surface area contributed by atoms with Gasteiger partial charge >= 0.3 is 0 Å². The number of aryl methyl sites for hydroxylation is 1. The van der Waals surface area contributed by atoms with Crippen molar-refractivity contribution in [2.24, 2.45) is 0 Å². The summed E-state index contributed by atoms with van der Waals surface area (Å²) in [6.07, 6.45) is 0. The average molecular weight is 302 g/mol. The second-order valence-electron chi connectivity index (χ2n) is 4.67. The molecule has 2 aromatic carbocycles. The molecule has 0 amide bonds. The van der Waals surface area contributed by atoms with Gasteiger partial charge in [-0.05, 0) is 29.8 Å². The molecule has 3 aromatic rings. The maximum absolute atomic E-state index is 12.1. The molecule has 0 aliphatic rings. The van der Waals surface area contributed by atoms with Crippen LogP contribution in [0.5, 0.6) is 0 Å². The van der Waals surface area contributed by atoms with Gasteiger partial charge in [-0.3, -0.25) is 0 Å². The van der Waals surface area contributed by atoms with E-state index < -0.39 is 10.0 Å². The third kappa shape index (κ3) is 2.96. The Labute approximate surface area is 122 Å². The summed E-state index contributed by atoms with van der Waals surface area (Å²) in [5.41, 5.74) is 2.24. The molecule has 1 heterocycles. The lowest BCUT2D eigenvalue weighted by Gasteiger charge is -2.06. The van der Waals surface area contributed by atoms with Crippen LogP contribution >= 0.6 is 0 Å². The highest BCUT2D eigenvalue weighted by atomic mass is 32.2. The van der Waals surface area contributed by atoms with Crippen LogP contribution in [0.4, 0.5) is 0 Å². The van der Waals surface area contributed by atoms with Crippen LogP contribution in [0.2, 0.25) is 0 Å². The van der Waals surface area contributed by atoms with Crippen molar-refractivity contribution >= 4 is 21.1 Å². The topological polar surface area (TPSA) is 72.2 Å². The van der Waals surface area contributed by atoms with Crippen molar-refractivity contribution in [3.8, 4) is 0 Å². The van der Waals surface area contributed by atoms with E-state index in [1.807, 2.05) is 12.1 Å².